The summed E-state index contributed by atoms with van der Waals surface area (Å²) >= 11 is 0. The number of carbonyl (C=O) groups excluding carboxylic acids is 1. The van der Waals surface area contributed by atoms with E-state index in [0.717, 1.165) is 16.9 Å². The molecule has 166 valence electrons. The van der Waals surface area contributed by atoms with Crippen molar-refractivity contribution in [2.24, 2.45) is 0 Å². The lowest BCUT2D eigenvalue weighted by Gasteiger charge is -2.16. The normalized spacial score (nSPS) is 12.3. The van der Waals surface area contributed by atoms with E-state index in [-0.39, 0.29) is 23.5 Å². The summed E-state index contributed by atoms with van der Waals surface area (Å²) < 4.78 is 27.4. The van der Waals surface area contributed by atoms with Crippen LogP contribution < -0.4 is 5.32 Å². The predicted octanol–water partition coefficient (Wildman–Crippen LogP) is 2.80. The Morgan fingerprint density at radius 1 is 1.19 bits per heavy atom. The highest BCUT2D eigenvalue weighted by atomic mass is 19.1. The molecule has 9 nitrogen and oxygen atoms in total. The molecule has 3 rings (SSSR count). The fourth-order valence-electron chi connectivity index (χ4n) is 3.21. The number of aromatic nitrogens is 5. The van der Waals surface area contributed by atoms with Gasteiger partial charge in [-0.15, -0.1) is 5.10 Å². The monoisotopic (exact) mass is 430 g/mol. The lowest BCUT2D eigenvalue weighted by Crippen LogP contribution is -2.27. The SMILES string of the molecule is CCOC(Cn1cc(C(=O)NC(C)c2cnn(-c3ccc(F)cc3)c2C)nn1)OCC. The van der Waals surface area contributed by atoms with Crippen LogP contribution in [0.3, 0.4) is 0 Å². The summed E-state index contributed by atoms with van der Waals surface area (Å²) in [4.78, 5) is 12.6. The Kier molecular flexibility index (Phi) is 7.48. The van der Waals surface area contributed by atoms with Gasteiger partial charge in [0.15, 0.2) is 12.0 Å². The van der Waals surface area contributed by atoms with Crippen molar-refractivity contribution in [3.8, 4) is 5.69 Å². The maximum atomic E-state index is 13.2. The third-order valence-corrected chi connectivity index (χ3v) is 4.75. The lowest BCUT2D eigenvalue weighted by molar-refractivity contribution is -0.145. The average molecular weight is 430 g/mol. The molecule has 31 heavy (non-hydrogen) atoms. The van der Waals surface area contributed by atoms with E-state index in [4.69, 9.17) is 9.47 Å². The summed E-state index contributed by atoms with van der Waals surface area (Å²) in [5, 5.41) is 15.2. The summed E-state index contributed by atoms with van der Waals surface area (Å²) in [7, 11) is 0. The van der Waals surface area contributed by atoms with Gasteiger partial charge < -0.3 is 14.8 Å². The van der Waals surface area contributed by atoms with Crippen molar-refractivity contribution in [1.29, 1.82) is 0 Å². The van der Waals surface area contributed by atoms with Crippen LogP contribution in [0.25, 0.3) is 5.69 Å². The van der Waals surface area contributed by atoms with Gasteiger partial charge in [0, 0.05) is 24.5 Å². The Hall–Kier alpha value is -3.11. The van der Waals surface area contributed by atoms with Gasteiger partial charge in [-0.3, -0.25) is 4.79 Å². The van der Waals surface area contributed by atoms with Gasteiger partial charge >= 0.3 is 0 Å². The Labute approximate surface area is 180 Å². The third kappa shape index (κ3) is 5.53. The molecule has 1 unspecified atom stereocenters. The molecule has 0 radical (unpaired) electrons. The summed E-state index contributed by atoms with van der Waals surface area (Å²) in [5.41, 5.74) is 2.63. The Balaban J connectivity index is 1.66. The topological polar surface area (TPSA) is 96.1 Å². The molecule has 0 aliphatic rings. The van der Waals surface area contributed by atoms with Crippen LogP contribution in [-0.4, -0.2) is 50.2 Å². The Morgan fingerprint density at radius 3 is 2.52 bits per heavy atom. The fourth-order valence-corrected chi connectivity index (χ4v) is 3.21. The van der Waals surface area contributed by atoms with Crippen LogP contribution >= 0.6 is 0 Å². The first kappa shape index (κ1) is 22.6. The summed E-state index contributed by atoms with van der Waals surface area (Å²) in [6.45, 7) is 8.88. The number of benzene rings is 1. The number of halogens is 1. The smallest absolute Gasteiger partial charge is 0.273 e. The predicted molar refractivity (Wildman–Crippen MR) is 111 cm³/mol. The second-order valence-electron chi connectivity index (χ2n) is 6.93. The highest BCUT2D eigenvalue weighted by molar-refractivity contribution is 5.92. The van der Waals surface area contributed by atoms with Gasteiger partial charge in [-0.2, -0.15) is 5.10 Å². The second-order valence-corrected chi connectivity index (χ2v) is 6.93. The van der Waals surface area contributed by atoms with Crippen molar-refractivity contribution >= 4 is 5.91 Å². The number of hydrogen-bond acceptors (Lipinski definition) is 6. The summed E-state index contributed by atoms with van der Waals surface area (Å²) in [6.07, 6.45) is 2.79. The zero-order valence-electron chi connectivity index (χ0n) is 18.1. The molecule has 0 aliphatic carbocycles. The lowest BCUT2D eigenvalue weighted by atomic mass is 10.1. The first-order valence-electron chi connectivity index (χ1n) is 10.2. The third-order valence-electron chi connectivity index (χ3n) is 4.75. The molecule has 1 N–H and O–H groups in total. The maximum absolute atomic E-state index is 13.2. The summed E-state index contributed by atoms with van der Waals surface area (Å²) in [5.74, 6) is -0.659. The van der Waals surface area contributed by atoms with Crippen LogP contribution in [0.4, 0.5) is 4.39 Å². The van der Waals surface area contributed by atoms with Gasteiger partial charge in [0.1, 0.15) is 5.82 Å². The van der Waals surface area contributed by atoms with E-state index in [0.29, 0.717) is 19.8 Å². The molecule has 2 aromatic heterocycles. The van der Waals surface area contributed by atoms with E-state index in [1.54, 1.807) is 29.2 Å². The zero-order chi connectivity index (χ0) is 22.4. The van der Waals surface area contributed by atoms with Crippen LogP contribution in [0, 0.1) is 12.7 Å². The van der Waals surface area contributed by atoms with Crippen molar-refractivity contribution in [1.82, 2.24) is 30.1 Å². The molecule has 2 heterocycles. The molecule has 0 spiro atoms. The quantitative estimate of drug-likeness (QED) is 0.497. The number of nitrogens with zero attached hydrogens (tertiary/aromatic N) is 5. The van der Waals surface area contributed by atoms with E-state index < -0.39 is 6.29 Å². The number of hydrogen-bond donors (Lipinski definition) is 1. The number of carbonyl (C=O) groups is 1. The molecule has 1 atom stereocenters. The number of ether oxygens (including phenoxy) is 2. The van der Waals surface area contributed by atoms with E-state index in [1.165, 1.54) is 16.8 Å². The number of rotatable bonds is 10. The molecule has 0 fully saturated rings. The molecule has 0 saturated carbocycles. The van der Waals surface area contributed by atoms with Crippen LogP contribution in [-0.2, 0) is 16.0 Å². The first-order valence-corrected chi connectivity index (χ1v) is 10.2. The van der Waals surface area contributed by atoms with Crippen molar-refractivity contribution in [3.05, 3.63) is 59.4 Å². The minimum absolute atomic E-state index is 0.196. The Morgan fingerprint density at radius 2 is 1.87 bits per heavy atom. The summed E-state index contributed by atoms with van der Waals surface area (Å²) in [6, 6.07) is 5.75. The standard InChI is InChI=1S/C21H27FN6O3/c1-5-30-20(31-6-2)13-27-12-19(25-26-27)21(29)24-14(3)18-11-23-28(15(18)4)17-9-7-16(22)8-10-17/h7-12,14,20H,5-6,13H2,1-4H3,(H,24,29). The molecule has 0 bridgehead atoms. The van der Waals surface area contributed by atoms with E-state index in [9.17, 15) is 9.18 Å². The zero-order valence-corrected chi connectivity index (χ0v) is 18.1. The van der Waals surface area contributed by atoms with Gasteiger partial charge in [-0.1, -0.05) is 5.21 Å². The molecule has 3 aromatic rings. The molecule has 10 heteroatoms. The van der Waals surface area contributed by atoms with Crippen molar-refractivity contribution in [2.45, 2.75) is 46.6 Å². The van der Waals surface area contributed by atoms with Gasteiger partial charge in [0.2, 0.25) is 0 Å². The minimum atomic E-state index is -0.452. The maximum Gasteiger partial charge on any atom is 0.273 e. The average Bonchev–Trinajstić information content (AvgIpc) is 3.36. The molecular weight excluding hydrogens is 403 g/mol. The van der Waals surface area contributed by atoms with Crippen LogP contribution in [0.15, 0.2) is 36.7 Å². The first-order chi connectivity index (χ1) is 14.9. The van der Waals surface area contributed by atoms with Crippen LogP contribution in [0.1, 0.15) is 48.6 Å². The second kappa shape index (κ2) is 10.3. The van der Waals surface area contributed by atoms with Gasteiger partial charge in [-0.05, 0) is 52.0 Å². The molecule has 1 amide bonds. The number of amides is 1. The molecular formula is C21H27FN6O3. The van der Waals surface area contributed by atoms with Gasteiger partial charge in [-0.25, -0.2) is 13.8 Å². The van der Waals surface area contributed by atoms with Crippen molar-refractivity contribution in [3.63, 3.8) is 0 Å². The van der Waals surface area contributed by atoms with Crippen LogP contribution in [0.2, 0.25) is 0 Å². The van der Waals surface area contributed by atoms with Gasteiger partial charge in [0.05, 0.1) is 30.7 Å². The molecule has 0 saturated heterocycles. The van der Waals surface area contributed by atoms with Crippen molar-refractivity contribution < 1.29 is 18.7 Å². The van der Waals surface area contributed by atoms with Crippen molar-refractivity contribution in [2.75, 3.05) is 13.2 Å². The van der Waals surface area contributed by atoms with Crippen LogP contribution in [0.5, 0.6) is 0 Å². The highest BCUT2D eigenvalue weighted by Gasteiger charge is 2.20. The van der Waals surface area contributed by atoms with E-state index in [1.807, 2.05) is 27.7 Å². The molecule has 0 aliphatic heterocycles. The Bertz CT molecular complexity index is 995. The largest absolute Gasteiger partial charge is 0.351 e. The van der Waals surface area contributed by atoms with Gasteiger partial charge in [0.25, 0.3) is 5.91 Å². The van der Waals surface area contributed by atoms with E-state index in [2.05, 4.69) is 20.7 Å². The molecule has 1 aromatic carbocycles. The highest BCUT2D eigenvalue weighted by Crippen LogP contribution is 2.20. The minimum Gasteiger partial charge on any atom is -0.351 e. The number of nitrogens with one attached hydrogen (secondary N) is 1. The van der Waals surface area contributed by atoms with E-state index >= 15 is 0 Å². The fraction of sp³-hybridized carbons (Fsp3) is 0.429.